The van der Waals surface area contributed by atoms with Gasteiger partial charge in [-0.05, 0) is 62.4 Å². The predicted molar refractivity (Wildman–Crippen MR) is 91.6 cm³/mol. The lowest BCUT2D eigenvalue weighted by molar-refractivity contribution is 0.197. The molecule has 21 heavy (non-hydrogen) atoms. The van der Waals surface area contributed by atoms with Crippen molar-refractivity contribution in [1.82, 2.24) is 10.2 Å². The van der Waals surface area contributed by atoms with E-state index in [4.69, 9.17) is 0 Å². The molecular weight excluding hydrogens is 256 g/mol. The van der Waals surface area contributed by atoms with Crippen molar-refractivity contribution in [3.05, 3.63) is 35.4 Å². The molecule has 1 N–H and O–H groups in total. The van der Waals surface area contributed by atoms with E-state index < -0.39 is 0 Å². The zero-order chi connectivity index (χ0) is 15.1. The van der Waals surface area contributed by atoms with E-state index in [0.29, 0.717) is 6.04 Å². The standard InChI is InChI=1S/C19H32N2/c1-4-11-21-12-9-19(10-13-21)20-15-18-7-5-17(6-8-18)14-16(2)3/h5-8,16,19-20H,4,9-15H2,1-3H3. The summed E-state index contributed by atoms with van der Waals surface area (Å²) in [5.41, 5.74) is 2.88. The van der Waals surface area contributed by atoms with Crippen LogP contribution in [0.4, 0.5) is 0 Å². The normalized spacial score (nSPS) is 17.5. The zero-order valence-corrected chi connectivity index (χ0v) is 14.1. The summed E-state index contributed by atoms with van der Waals surface area (Å²) in [6, 6.07) is 9.86. The van der Waals surface area contributed by atoms with Crippen LogP contribution in [-0.4, -0.2) is 30.6 Å². The van der Waals surface area contributed by atoms with Crippen LogP contribution in [0, 0.1) is 5.92 Å². The second-order valence-corrected chi connectivity index (χ2v) is 6.91. The topological polar surface area (TPSA) is 15.3 Å². The minimum absolute atomic E-state index is 0.702. The van der Waals surface area contributed by atoms with Gasteiger partial charge in [0.2, 0.25) is 0 Å². The predicted octanol–water partition coefficient (Wildman–Crippen LogP) is 3.85. The van der Waals surface area contributed by atoms with Crippen LogP contribution in [0.25, 0.3) is 0 Å². The SMILES string of the molecule is CCCN1CCC(NCc2ccc(CC(C)C)cc2)CC1. The first-order valence-electron chi connectivity index (χ1n) is 8.71. The molecule has 1 aliphatic heterocycles. The molecule has 1 heterocycles. The third-order valence-electron chi connectivity index (χ3n) is 4.39. The molecule has 2 nitrogen and oxygen atoms in total. The number of benzene rings is 1. The quantitative estimate of drug-likeness (QED) is 0.820. The smallest absolute Gasteiger partial charge is 0.0208 e. The van der Waals surface area contributed by atoms with Gasteiger partial charge in [-0.25, -0.2) is 0 Å². The van der Waals surface area contributed by atoms with Crippen LogP contribution in [0.15, 0.2) is 24.3 Å². The Balaban J connectivity index is 1.71. The van der Waals surface area contributed by atoms with Crippen molar-refractivity contribution in [2.24, 2.45) is 5.92 Å². The van der Waals surface area contributed by atoms with E-state index in [9.17, 15) is 0 Å². The van der Waals surface area contributed by atoms with Crippen molar-refractivity contribution in [1.29, 1.82) is 0 Å². The molecule has 0 saturated carbocycles. The van der Waals surface area contributed by atoms with Gasteiger partial charge >= 0.3 is 0 Å². The van der Waals surface area contributed by atoms with Crippen molar-refractivity contribution < 1.29 is 0 Å². The first-order chi connectivity index (χ1) is 10.2. The fourth-order valence-corrected chi connectivity index (χ4v) is 3.20. The Kier molecular flexibility index (Phi) is 6.72. The first kappa shape index (κ1) is 16.5. The van der Waals surface area contributed by atoms with E-state index in [1.165, 1.54) is 56.4 Å². The summed E-state index contributed by atoms with van der Waals surface area (Å²) in [4.78, 5) is 2.60. The summed E-state index contributed by atoms with van der Waals surface area (Å²) in [6.45, 7) is 11.6. The molecule has 0 unspecified atom stereocenters. The maximum Gasteiger partial charge on any atom is 0.0208 e. The summed E-state index contributed by atoms with van der Waals surface area (Å²) in [5, 5.41) is 3.73. The highest BCUT2D eigenvalue weighted by Crippen LogP contribution is 2.13. The molecule has 0 aromatic heterocycles. The Morgan fingerprint density at radius 2 is 1.71 bits per heavy atom. The van der Waals surface area contributed by atoms with Gasteiger partial charge in [0, 0.05) is 12.6 Å². The Bertz CT molecular complexity index is 389. The zero-order valence-electron chi connectivity index (χ0n) is 14.1. The van der Waals surface area contributed by atoms with Gasteiger partial charge in [0.25, 0.3) is 0 Å². The highest BCUT2D eigenvalue weighted by Gasteiger charge is 2.17. The number of nitrogens with one attached hydrogen (secondary N) is 1. The average Bonchev–Trinajstić information content (AvgIpc) is 2.48. The Hall–Kier alpha value is -0.860. The molecule has 0 aliphatic carbocycles. The molecule has 0 radical (unpaired) electrons. The number of hydrogen-bond donors (Lipinski definition) is 1. The molecule has 0 bridgehead atoms. The summed E-state index contributed by atoms with van der Waals surface area (Å²) in [6.07, 6.45) is 5.06. The average molecular weight is 288 g/mol. The van der Waals surface area contributed by atoms with Gasteiger partial charge < -0.3 is 10.2 Å². The molecule has 1 fully saturated rings. The van der Waals surface area contributed by atoms with E-state index in [-0.39, 0.29) is 0 Å². The third kappa shape index (κ3) is 5.80. The molecule has 1 aromatic rings. The van der Waals surface area contributed by atoms with E-state index in [2.05, 4.69) is 55.3 Å². The minimum Gasteiger partial charge on any atom is -0.310 e. The van der Waals surface area contributed by atoms with Gasteiger partial charge in [0.05, 0.1) is 0 Å². The molecule has 1 aliphatic rings. The molecule has 118 valence electrons. The molecule has 0 atom stereocenters. The first-order valence-corrected chi connectivity index (χ1v) is 8.71. The molecule has 2 rings (SSSR count). The highest BCUT2D eigenvalue weighted by molar-refractivity contribution is 5.22. The van der Waals surface area contributed by atoms with Crippen LogP contribution in [0.3, 0.4) is 0 Å². The molecule has 0 amide bonds. The van der Waals surface area contributed by atoms with Crippen molar-refractivity contribution in [2.45, 2.75) is 59.0 Å². The van der Waals surface area contributed by atoms with E-state index in [0.717, 1.165) is 12.5 Å². The fourth-order valence-electron chi connectivity index (χ4n) is 3.20. The molecule has 1 saturated heterocycles. The van der Waals surface area contributed by atoms with E-state index >= 15 is 0 Å². The van der Waals surface area contributed by atoms with Gasteiger partial charge in [-0.3, -0.25) is 0 Å². The lowest BCUT2D eigenvalue weighted by Gasteiger charge is -2.32. The second kappa shape index (κ2) is 8.55. The van der Waals surface area contributed by atoms with Crippen molar-refractivity contribution in [3.63, 3.8) is 0 Å². The summed E-state index contributed by atoms with van der Waals surface area (Å²) in [7, 11) is 0. The van der Waals surface area contributed by atoms with Crippen molar-refractivity contribution in [3.8, 4) is 0 Å². The number of piperidine rings is 1. The van der Waals surface area contributed by atoms with Gasteiger partial charge in [0.1, 0.15) is 0 Å². The summed E-state index contributed by atoms with van der Waals surface area (Å²) < 4.78 is 0. The number of likely N-dealkylation sites (tertiary alicyclic amines) is 1. The monoisotopic (exact) mass is 288 g/mol. The molecule has 1 aromatic carbocycles. The van der Waals surface area contributed by atoms with Gasteiger partial charge in [-0.15, -0.1) is 0 Å². The van der Waals surface area contributed by atoms with Crippen molar-refractivity contribution in [2.75, 3.05) is 19.6 Å². The van der Waals surface area contributed by atoms with Crippen LogP contribution in [-0.2, 0) is 13.0 Å². The van der Waals surface area contributed by atoms with Crippen molar-refractivity contribution >= 4 is 0 Å². The summed E-state index contributed by atoms with van der Waals surface area (Å²) >= 11 is 0. The fraction of sp³-hybridized carbons (Fsp3) is 0.684. The van der Waals surface area contributed by atoms with Crippen LogP contribution in [0.2, 0.25) is 0 Å². The maximum atomic E-state index is 3.73. The number of rotatable bonds is 7. The van der Waals surface area contributed by atoms with Crippen LogP contribution in [0.1, 0.15) is 51.2 Å². The van der Waals surface area contributed by atoms with E-state index in [1.807, 2.05) is 0 Å². The van der Waals surface area contributed by atoms with Gasteiger partial charge in [-0.2, -0.15) is 0 Å². The summed E-state index contributed by atoms with van der Waals surface area (Å²) in [5.74, 6) is 0.738. The second-order valence-electron chi connectivity index (χ2n) is 6.91. The van der Waals surface area contributed by atoms with Crippen LogP contribution >= 0.6 is 0 Å². The highest BCUT2D eigenvalue weighted by atomic mass is 15.1. The molecular formula is C19H32N2. The largest absolute Gasteiger partial charge is 0.310 e. The number of nitrogens with zero attached hydrogens (tertiary/aromatic N) is 1. The van der Waals surface area contributed by atoms with Crippen LogP contribution in [0.5, 0.6) is 0 Å². The number of hydrogen-bond acceptors (Lipinski definition) is 2. The molecule has 0 spiro atoms. The van der Waals surface area contributed by atoms with Crippen LogP contribution < -0.4 is 5.32 Å². The Morgan fingerprint density at radius 1 is 1.10 bits per heavy atom. The van der Waals surface area contributed by atoms with Gasteiger partial charge in [-0.1, -0.05) is 45.0 Å². The minimum atomic E-state index is 0.702. The maximum absolute atomic E-state index is 3.73. The van der Waals surface area contributed by atoms with Gasteiger partial charge in [0.15, 0.2) is 0 Å². The Morgan fingerprint density at radius 3 is 2.29 bits per heavy atom. The third-order valence-corrected chi connectivity index (χ3v) is 4.39. The lowest BCUT2D eigenvalue weighted by Crippen LogP contribution is -2.42. The van der Waals surface area contributed by atoms with E-state index in [1.54, 1.807) is 0 Å². The lowest BCUT2D eigenvalue weighted by atomic mass is 10.0. The Labute approximate surface area is 130 Å². The molecule has 2 heteroatoms.